The summed E-state index contributed by atoms with van der Waals surface area (Å²) in [4.78, 5) is 0. The first-order valence-electron chi connectivity index (χ1n) is 5.71. The first kappa shape index (κ1) is 11.4. The predicted octanol–water partition coefficient (Wildman–Crippen LogP) is 4.14. The lowest BCUT2D eigenvalue weighted by Gasteiger charge is -2.22. The molecule has 0 atom stereocenters. The Labute approximate surface area is 101 Å². The fourth-order valence-electron chi connectivity index (χ4n) is 1.46. The highest BCUT2D eigenvalue weighted by atomic mass is 32.1. The lowest BCUT2D eigenvalue weighted by molar-refractivity contribution is 0.377. The van der Waals surface area contributed by atoms with Gasteiger partial charge >= 0.3 is 0 Å². The summed E-state index contributed by atoms with van der Waals surface area (Å²) in [5.41, 5.74) is 1.43. The fourth-order valence-corrected chi connectivity index (χ4v) is 2.22. The first-order chi connectivity index (χ1) is 7.62. The van der Waals surface area contributed by atoms with E-state index in [1.54, 1.807) is 11.5 Å². The van der Waals surface area contributed by atoms with Crippen molar-refractivity contribution in [2.75, 3.05) is 11.9 Å². The predicted molar refractivity (Wildman–Crippen MR) is 72.2 cm³/mol. The summed E-state index contributed by atoms with van der Waals surface area (Å²) in [5, 5.41) is 5.94. The highest BCUT2D eigenvalue weighted by Gasteiger charge is 2.15. The van der Waals surface area contributed by atoms with Crippen molar-refractivity contribution in [1.82, 2.24) is 4.37 Å². The largest absolute Gasteiger partial charge is 0.375 e. The first-order valence-corrected chi connectivity index (χ1v) is 6.48. The second-order valence-corrected chi connectivity index (χ2v) is 5.67. The summed E-state index contributed by atoms with van der Waals surface area (Å²) in [6, 6.07) is 8.27. The van der Waals surface area contributed by atoms with E-state index < -0.39 is 0 Å². The molecule has 86 valence electrons. The van der Waals surface area contributed by atoms with E-state index in [9.17, 15) is 0 Å². The average Bonchev–Trinajstić information content (AvgIpc) is 2.70. The molecule has 0 aliphatic rings. The van der Waals surface area contributed by atoms with Crippen LogP contribution in [0.2, 0.25) is 0 Å². The molecule has 0 fully saturated rings. The van der Waals surface area contributed by atoms with Crippen LogP contribution >= 0.6 is 11.5 Å². The molecule has 16 heavy (non-hydrogen) atoms. The van der Waals surface area contributed by atoms with Crippen molar-refractivity contribution in [3.05, 3.63) is 24.3 Å². The molecule has 2 aromatic rings. The maximum atomic E-state index is 4.42. The summed E-state index contributed by atoms with van der Waals surface area (Å²) in [6.45, 7) is 7.79. The topological polar surface area (TPSA) is 24.9 Å². The van der Waals surface area contributed by atoms with E-state index in [4.69, 9.17) is 0 Å². The van der Waals surface area contributed by atoms with Crippen LogP contribution in [-0.4, -0.2) is 10.9 Å². The van der Waals surface area contributed by atoms with Gasteiger partial charge in [-0.1, -0.05) is 32.9 Å². The number of anilines is 1. The van der Waals surface area contributed by atoms with E-state index >= 15 is 0 Å². The Hall–Kier alpha value is -1.09. The van der Waals surface area contributed by atoms with Crippen molar-refractivity contribution >= 4 is 27.4 Å². The van der Waals surface area contributed by atoms with E-state index in [2.05, 4.69) is 48.7 Å². The van der Waals surface area contributed by atoms with Crippen LogP contribution in [0.1, 0.15) is 27.2 Å². The molecule has 0 saturated carbocycles. The third-order valence-electron chi connectivity index (χ3n) is 3.07. The molecule has 2 rings (SSSR count). The Morgan fingerprint density at radius 1 is 1.31 bits per heavy atom. The maximum Gasteiger partial charge on any atom is 0.117 e. The van der Waals surface area contributed by atoms with E-state index in [-0.39, 0.29) is 0 Å². The van der Waals surface area contributed by atoms with Crippen LogP contribution in [0.15, 0.2) is 24.3 Å². The van der Waals surface area contributed by atoms with Crippen molar-refractivity contribution in [3.8, 4) is 0 Å². The van der Waals surface area contributed by atoms with Crippen molar-refractivity contribution < 1.29 is 0 Å². The molecule has 2 nitrogen and oxygen atoms in total. The molecule has 1 heterocycles. The Morgan fingerprint density at radius 2 is 2.06 bits per heavy atom. The molecule has 0 saturated heterocycles. The summed E-state index contributed by atoms with van der Waals surface area (Å²) >= 11 is 1.55. The van der Waals surface area contributed by atoms with Gasteiger partial charge in [-0.3, -0.25) is 0 Å². The van der Waals surface area contributed by atoms with Gasteiger partial charge in [0.25, 0.3) is 0 Å². The van der Waals surface area contributed by atoms with Gasteiger partial charge in [0, 0.05) is 11.9 Å². The molecule has 0 amide bonds. The average molecular weight is 234 g/mol. The molecule has 3 heteroatoms. The fraction of sp³-hybridized carbons (Fsp3) is 0.462. The second-order valence-electron chi connectivity index (χ2n) is 4.90. The zero-order valence-corrected chi connectivity index (χ0v) is 10.9. The van der Waals surface area contributed by atoms with Gasteiger partial charge in [-0.15, -0.1) is 0 Å². The van der Waals surface area contributed by atoms with E-state index in [0.29, 0.717) is 5.41 Å². The Kier molecular flexibility index (Phi) is 3.15. The van der Waals surface area contributed by atoms with Gasteiger partial charge in [0.05, 0.1) is 5.52 Å². The van der Waals surface area contributed by atoms with E-state index in [0.717, 1.165) is 12.1 Å². The number of benzene rings is 1. The molecule has 0 aliphatic heterocycles. The van der Waals surface area contributed by atoms with Crippen molar-refractivity contribution in [2.24, 2.45) is 5.41 Å². The summed E-state index contributed by atoms with van der Waals surface area (Å²) in [5.74, 6) is 0. The molecule has 0 spiro atoms. The zero-order valence-electron chi connectivity index (χ0n) is 10.1. The number of nitrogens with one attached hydrogen (secondary N) is 1. The van der Waals surface area contributed by atoms with E-state index in [1.165, 1.54) is 16.8 Å². The number of rotatable bonds is 4. The third-order valence-corrected chi connectivity index (χ3v) is 3.90. The number of nitrogens with zero attached hydrogens (tertiary/aromatic N) is 1. The van der Waals surface area contributed by atoms with Crippen LogP contribution < -0.4 is 5.32 Å². The van der Waals surface area contributed by atoms with Crippen LogP contribution in [0.25, 0.3) is 10.9 Å². The molecule has 0 unspecified atom stereocenters. The van der Waals surface area contributed by atoms with Crippen LogP contribution in [0.5, 0.6) is 0 Å². The number of fused-ring (bicyclic) bond motifs is 1. The van der Waals surface area contributed by atoms with Gasteiger partial charge in [0.15, 0.2) is 0 Å². The lowest BCUT2D eigenvalue weighted by Crippen LogP contribution is -2.21. The highest BCUT2D eigenvalue weighted by molar-refractivity contribution is 7.11. The van der Waals surface area contributed by atoms with Crippen molar-refractivity contribution in [3.63, 3.8) is 0 Å². The standard InChI is InChI=1S/C13H18N2S/c1-4-13(2,3)9-14-12-10-7-5-6-8-11(10)15-16-12/h5-8,14H,4,9H2,1-3H3. The summed E-state index contributed by atoms with van der Waals surface area (Å²) in [7, 11) is 0. The zero-order chi connectivity index (χ0) is 11.6. The molecule has 1 aromatic carbocycles. The van der Waals surface area contributed by atoms with Crippen molar-refractivity contribution in [2.45, 2.75) is 27.2 Å². The van der Waals surface area contributed by atoms with Crippen LogP contribution in [0.4, 0.5) is 5.00 Å². The SMILES string of the molecule is CCC(C)(C)CNc1snc2ccccc12. The Morgan fingerprint density at radius 3 is 2.81 bits per heavy atom. The summed E-state index contributed by atoms with van der Waals surface area (Å²) in [6.07, 6.45) is 1.18. The Bertz CT molecular complexity index is 473. The lowest BCUT2D eigenvalue weighted by atomic mass is 9.90. The molecule has 0 aliphatic carbocycles. The van der Waals surface area contributed by atoms with Gasteiger partial charge in [-0.05, 0) is 35.5 Å². The summed E-state index contributed by atoms with van der Waals surface area (Å²) < 4.78 is 4.42. The Balaban J connectivity index is 2.16. The smallest absolute Gasteiger partial charge is 0.117 e. The van der Waals surface area contributed by atoms with Gasteiger partial charge in [0.2, 0.25) is 0 Å². The molecule has 0 bridgehead atoms. The number of hydrogen-bond donors (Lipinski definition) is 1. The quantitative estimate of drug-likeness (QED) is 0.859. The van der Waals surface area contributed by atoms with Gasteiger partial charge in [-0.25, -0.2) is 0 Å². The molecule has 0 radical (unpaired) electrons. The van der Waals surface area contributed by atoms with Gasteiger partial charge < -0.3 is 5.32 Å². The van der Waals surface area contributed by atoms with E-state index in [1.807, 2.05) is 6.07 Å². The number of hydrogen-bond acceptors (Lipinski definition) is 3. The minimum Gasteiger partial charge on any atom is -0.375 e. The molecular formula is C13H18N2S. The highest BCUT2D eigenvalue weighted by Crippen LogP contribution is 2.29. The van der Waals surface area contributed by atoms with Crippen LogP contribution in [0.3, 0.4) is 0 Å². The molecular weight excluding hydrogens is 216 g/mol. The van der Waals surface area contributed by atoms with Gasteiger partial charge in [-0.2, -0.15) is 4.37 Å². The second kappa shape index (κ2) is 4.42. The van der Waals surface area contributed by atoms with Crippen molar-refractivity contribution in [1.29, 1.82) is 0 Å². The monoisotopic (exact) mass is 234 g/mol. The maximum absolute atomic E-state index is 4.42. The minimum absolute atomic E-state index is 0.338. The third kappa shape index (κ3) is 2.35. The van der Waals surface area contributed by atoms with Crippen LogP contribution in [0, 0.1) is 5.41 Å². The van der Waals surface area contributed by atoms with Crippen LogP contribution in [-0.2, 0) is 0 Å². The molecule has 1 aromatic heterocycles. The molecule has 1 N–H and O–H groups in total. The normalized spacial score (nSPS) is 11.9. The number of aromatic nitrogens is 1. The van der Waals surface area contributed by atoms with Gasteiger partial charge in [0.1, 0.15) is 5.00 Å². The minimum atomic E-state index is 0.338.